The van der Waals surface area contributed by atoms with Crippen molar-refractivity contribution in [2.45, 2.75) is 27.7 Å². The second-order valence-corrected chi connectivity index (χ2v) is 6.12. The van der Waals surface area contributed by atoms with Crippen molar-refractivity contribution in [3.63, 3.8) is 0 Å². The van der Waals surface area contributed by atoms with E-state index in [1.54, 1.807) is 0 Å². The van der Waals surface area contributed by atoms with E-state index in [1.807, 2.05) is 24.3 Å². The summed E-state index contributed by atoms with van der Waals surface area (Å²) in [6.45, 7) is 8.49. The van der Waals surface area contributed by atoms with Crippen LogP contribution in [0.4, 0.5) is 0 Å². The molecular formula is C17H16BrNO. The van der Waals surface area contributed by atoms with E-state index < -0.39 is 0 Å². The highest BCUT2D eigenvalue weighted by Gasteiger charge is 2.16. The minimum Gasteiger partial charge on any atom is -0.436 e. The highest BCUT2D eigenvalue weighted by atomic mass is 79.9. The van der Waals surface area contributed by atoms with Crippen molar-refractivity contribution < 1.29 is 4.42 Å². The first kappa shape index (κ1) is 13.4. The van der Waals surface area contributed by atoms with Gasteiger partial charge in [0.25, 0.3) is 0 Å². The predicted octanol–water partition coefficient (Wildman–Crippen LogP) is 5.49. The minimum absolute atomic E-state index is 0.684. The van der Waals surface area contributed by atoms with Crippen LogP contribution in [0.25, 0.3) is 22.6 Å². The lowest BCUT2D eigenvalue weighted by atomic mass is 9.98. The fraction of sp³-hybridized carbons (Fsp3) is 0.235. The van der Waals surface area contributed by atoms with E-state index in [0.29, 0.717) is 5.89 Å². The maximum absolute atomic E-state index is 6.01. The van der Waals surface area contributed by atoms with Gasteiger partial charge in [0.2, 0.25) is 5.89 Å². The van der Waals surface area contributed by atoms with Crippen LogP contribution in [0, 0.1) is 27.7 Å². The first-order chi connectivity index (χ1) is 9.49. The Hall–Kier alpha value is -1.61. The molecular weight excluding hydrogens is 314 g/mol. The van der Waals surface area contributed by atoms with E-state index >= 15 is 0 Å². The average Bonchev–Trinajstić information content (AvgIpc) is 2.89. The molecule has 0 aliphatic heterocycles. The molecule has 3 rings (SSSR count). The Morgan fingerprint density at radius 1 is 0.850 bits per heavy atom. The monoisotopic (exact) mass is 329 g/mol. The van der Waals surface area contributed by atoms with Gasteiger partial charge in [-0.3, -0.25) is 0 Å². The molecule has 0 fully saturated rings. The van der Waals surface area contributed by atoms with Crippen LogP contribution >= 0.6 is 15.9 Å². The standard InChI is InChI=1S/C17H16BrNO/c1-9-10(2)12(4)16-15(11(9)3)19-17(20-16)13-5-7-14(18)8-6-13/h5-8H,1-4H3. The van der Waals surface area contributed by atoms with Crippen molar-refractivity contribution in [1.29, 1.82) is 0 Å². The lowest BCUT2D eigenvalue weighted by Crippen LogP contribution is -1.92. The summed E-state index contributed by atoms with van der Waals surface area (Å²) in [5.41, 5.74) is 7.85. The van der Waals surface area contributed by atoms with E-state index in [-0.39, 0.29) is 0 Å². The van der Waals surface area contributed by atoms with Gasteiger partial charge in [-0.2, -0.15) is 0 Å². The number of rotatable bonds is 1. The Morgan fingerprint density at radius 2 is 1.45 bits per heavy atom. The van der Waals surface area contributed by atoms with Crippen LogP contribution in [-0.2, 0) is 0 Å². The smallest absolute Gasteiger partial charge is 0.227 e. The van der Waals surface area contributed by atoms with Gasteiger partial charge < -0.3 is 4.42 Å². The lowest BCUT2D eigenvalue weighted by Gasteiger charge is -2.07. The first-order valence-electron chi connectivity index (χ1n) is 6.62. The zero-order chi connectivity index (χ0) is 14.4. The number of aryl methyl sites for hydroxylation is 2. The van der Waals surface area contributed by atoms with Gasteiger partial charge in [-0.15, -0.1) is 0 Å². The molecule has 102 valence electrons. The number of hydrogen-bond acceptors (Lipinski definition) is 2. The van der Waals surface area contributed by atoms with Crippen molar-refractivity contribution in [3.05, 3.63) is 51.0 Å². The molecule has 0 saturated carbocycles. The third-order valence-corrected chi connectivity index (χ3v) is 4.63. The van der Waals surface area contributed by atoms with Crippen molar-refractivity contribution in [3.8, 4) is 11.5 Å². The number of oxazole rings is 1. The largest absolute Gasteiger partial charge is 0.436 e. The molecule has 3 heteroatoms. The predicted molar refractivity (Wildman–Crippen MR) is 86.1 cm³/mol. The molecule has 1 heterocycles. The molecule has 0 N–H and O–H groups in total. The van der Waals surface area contributed by atoms with Crippen molar-refractivity contribution in [2.24, 2.45) is 0 Å². The number of halogens is 1. The molecule has 1 aromatic heterocycles. The molecule has 20 heavy (non-hydrogen) atoms. The van der Waals surface area contributed by atoms with Gasteiger partial charge in [-0.05, 0) is 74.2 Å². The quantitative estimate of drug-likeness (QED) is 0.589. The summed E-state index contributed by atoms with van der Waals surface area (Å²) in [4.78, 5) is 4.69. The Bertz CT molecular complexity index is 755. The van der Waals surface area contributed by atoms with E-state index in [4.69, 9.17) is 9.40 Å². The van der Waals surface area contributed by atoms with Crippen LogP contribution in [-0.4, -0.2) is 4.98 Å². The molecule has 0 amide bonds. The number of fused-ring (bicyclic) bond motifs is 1. The normalized spacial score (nSPS) is 11.2. The third kappa shape index (κ3) is 1.97. The summed E-state index contributed by atoms with van der Waals surface area (Å²) in [6, 6.07) is 8.03. The molecule has 0 saturated heterocycles. The summed E-state index contributed by atoms with van der Waals surface area (Å²) in [7, 11) is 0. The van der Waals surface area contributed by atoms with E-state index in [9.17, 15) is 0 Å². The van der Waals surface area contributed by atoms with Crippen molar-refractivity contribution in [1.82, 2.24) is 4.98 Å². The molecule has 0 bridgehead atoms. The molecule has 2 nitrogen and oxygen atoms in total. The fourth-order valence-corrected chi connectivity index (χ4v) is 2.72. The first-order valence-corrected chi connectivity index (χ1v) is 7.41. The van der Waals surface area contributed by atoms with Crippen molar-refractivity contribution >= 4 is 27.0 Å². The van der Waals surface area contributed by atoms with Gasteiger partial charge in [0.1, 0.15) is 5.52 Å². The van der Waals surface area contributed by atoms with E-state index in [1.165, 1.54) is 22.3 Å². The molecule has 0 spiro atoms. The maximum Gasteiger partial charge on any atom is 0.227 e. The van der Waals surface area contributed by atoms with Gasteiger partial charge in [0, 0.05) is 10.0 Å². The van der Waals surface area contributed by atoms with Gasteiger partial charge in [0.05, 0.1) is 0 Å². The molecule has 0 atom stereocenters. The van der Waals surface area contributed by atoms with Gasteiger partial charge in [-0.1, -0.05) is 15.9 Å². The summed E-state index contributed by atoms with van der Waals surface area (Å²) in [6.07, 6.45) is 0. The van der Waals surface area contributed by atoms with Crippen LogP contribution < -0.4 is 0 Å². The Balaban J connectivity index is 2.28. The number of hydrogen-bond donors (Lipinski definition) is 0. The summed E-state index contributed by atoms with van der Waals surface area (Å²) in [5, 5.41) is 0. The summed E-state index contributed by atoms with van der Waals surface area (Å²) in [5.74, 6) is 0.684. The highest BCUT2D eigenvalue weighted by molar-refractivity contribution is 9.10. The summed E-state index contributed by atoms with van der Waals surface area (Å²) < 4.78 is 7.07. The van der Waals surface area contributed by atoms with Crippen LogP contribution in [0.3, 0.4) is 0 Å². The van der Waals surface area contributed by atoms with Gasteiger partial charge >= 0.3 is 0 Å². The van der Waals surface area contributed by atoms with Crippen molar-refractivity contribution in [2.75, 3.05) is 0 Å². The van der Waals surface area contributed by atoms with Crippen LogP contribution in [0.1, 0.15) is 22.3 Å². The van der Waals surface area contributed by atoms with Crippen LogP contribution in [0.2, 0.25) is 0 Å². The molecule has 3 aromatic rings. The zero-order valence-corrected chi connectivity index (χ0v) is 13.6. The fourth-order valence-electron chi connectivity index (χ4n) is 2.45. The number of aromatic nitrogens is 1. The second-order valence-electron chi connectivity index (χ2n) is 5.20. The second kappa shape index (κ2) is 4.74. The number of benzene rings is 2. The number of nitrogens with zero attached hydrogens (tertiary/aromatic N) is 1. The van der Waals surface area contributed by atoms with Crippen LogP contribution in [0.15, 0.2) is 33.2 Å². The molecule has 0 radical (unpaired) electrons. The molecule has 0 unspecified atom stereocenters. The third-order valence-electron chi connectivity index (χ3n) is 4.10. The van der Waals surface area contributed by atoms with E-state index in [2.05, 4.69) is 43.6 Å². The van der Waals surface area contributed by atoms with Gasteiger partial charge in [0.15, 0.2) is 5.58 Å². The topological polar surface area (TPSA) is 26.0 Å². The zero-order valence-electron chi connectivity index (χ0n) is 12.0. The van der Waals surface area contributed by atoms with Crippen LogP contribution in [0.5, 0.6) is 0 Å². The molecule has 0 aliphatic carbocycles. The lowest BCUT2D eigenvalue weighted by molar-refractivity contribution is 0.617. The maximum atomic E-state index is 6.01. The van der Waals surface area contributed by atoms with Gasteiger partial charge in [-0.25, -0.2) is 4.98 Å². The minimum atomic E-state index is 0.684. The Morgan fingerprint density at radius 3 is 2.10 bits per heavy atom. The molecule has 0 aliphatic rings. The Kier molecular flexibility index (Phi) is 3.17. The Labute approximate surface area is 127 Å². The average molecular weight is 330 g/mol. The summed E-state index contributed by atoms with van der Waals surface area (Å²) >= 11 is 3.44. The molecule has 2 aromatic carbocycles. The van der Waals surface area contributed by atoms with E-state index in [0.717, 1.165) is 21.1 Å². The SMILES string of the molecule is Cc1c(C)c(C)c2oc(-c3ccc(Br)cc3)nc2c1C. The highest BCUT2D eigenvalue weighted by Crippen LogP contribution is 2.32.